The van der Waals surface area contributed by atoms with Gasteiger partial charge in [-0.3, -0.25) is 9.59 Å². The molecule has 5 rings (SSSR count). The third-order valence-corrected chi connectivity index (χ3v) is 6.19. The summed E-state index contributed by atoms with van der Waals surface area (Å²) in [6.45, 7) is 4.59. The number of ether oxygens (including phenoxy) is 2. The van der Waals surface area contributed by atoms with Gasteiger partial charge in [-0.2, -0.15) is 0 Å². The van der Waals surface area contributed by atoms with Crippen LogP contribution in [0.15, 0.2) is 29.1 Å². The van der Waals surface area contributed by atoms with E-state index in [-0.39, 0.29) is 18.1 Å². The summed E-state index contributed by atoms with van der Waals surface area (Å²) in [5.41, 5.74) is 6.09. The number of carbonyl (C=O) groups excluding carboxylic acids is 1. The van der Waals surface area contributed by atoms with Gasteiger partial charge in [0, 0.05) is 10.9 Å². The number of carbonyl (C=O) groups is 1. The lowest BCUT2D eigenvalue weighted by atomic mass is 9.90. The molecule has 6 heteroatoms. The van der Waals surface area contributed by atoms with Gasteiger partial charge < -0.3 is 14.0 Å². The topological polar surface area (TPSA) is 70.4 Å². The Morgan fingerprint density at radius 1 is 1.21 bits per heavy atom. The van der Waals surface area contributed by atoms with Crippen LogP contribution in [0.4, 0.5) is 0 Å². The van der Waals surface area contributed by atoms with Crippen LogP contribution >= 0.6 is 0 Å². The molecule has 0 aliphatic carbocycles. The fraction of sp³-hybridized carbons (Fsp3) is 0.348. The third-order valence-electron chi connectivity index (χ3n) is 6.19. The van der Waals surface area contributed by atoms with E-state index in [1.165, 1.54) is 5.56 Å². The summed E-state index contributed by atoms with van der Waals surface area (Å²) in [4.78, 5) is 30.4. The normalized spacial score (nSPS) is 16.9. The minimum atomic E-state index is -0.392. The highest BCUT2D eigenvalue weighted by atomic mass is 16.5. The molecule has 148 valence electrons. The summed E-state index contributed by atoms with van der Waals surface area (Å²) >= 11 is 0. The number of fused-ring (bicyclic) bond motifs is 5. The van der Waals surface area contributed by atoms with Gasteiger partial charge in [0.25, 0.3) is 5.56 Å². The number of hydrogen-bond donors (Lipinski definition) is 0. The Balaban J connectivity index is 1.79. The highest BCUT2D eigenvalue weighted by Crippen LogP contribution is 2.39. The lowest BCUT2D eigenvalue weighted by molar-refractivity contribution is -0.148. The molecular weight excluding hydrogens is 368 g/mol. The minimum absolute atomic E-state index is 0.0490. The number of aromatic nitrogens is 2. The highest BCUT2D eigenvalue weighted by Gasteiger charge is 2.34. The van der Waals surface area contributed by atoms with Crippen LogP contribution in [0.25, 0.3) is 22.3 Å². The van der Waals surface area contributed by atoms with Gasteiger partial charge in [-0.05, 0) is 48.2 Å². The molecule has 0 saturated heterocycles. The SMILES string of the molecule is CCc1c2c(nc3ccc(OC)cc13)-c1cc3c(c(=O)n1C2)COC(=O)[C@@H]3CC. The van der Waals surface area contributed by atoms with Crippen LogP contribution in [-0.4, -0.2) is 22.6 Å². The van der Waals surface area contributed by atoms with Crippen molar-refractivity contribution in [3.8, 4) is 17.1 Å². The maximum atomic E-state index is 13.3. The molecule has 0 spiro atoms. The summed E-state index contributed by atoms with van der Waals surface area (Å²) in [6.07, 6.45) is 1.43. The Hall–Kier alpha value is -3.15. The van der Waals surface area contributed by atoms with Crippen molar-refractivity contribution in [1.82, 2.24) is 9.55 Å². The molecule has 6 nitrogen and oxygen atoms in total. The second-order valence-corrected chi connectivity index (χ2v) is 7.58. The van der Waals surface area contributed by atoms with Crippen molar-refractivity contribution < 1.29 is 14.3 Å². The van der Waals surface area contributed by atoms with Gasteiger partial charge in [0.05, 0.1) is 42.0 Å². The molecule has 0 amide bonds. The van der Waals surface area contributed by atoms with Crippen molar-refractivity contribution in [1.29, 1.82) is 0 Å². The van der Waals surface area contributed by atoms with Crippen molar-refractivity contribution in [3.05, 3.63) is 56.9 Å². The quantitative estimate of drug-likeness (QED) is 0.501. The number of benzene rings is 1. The highest BCUT2D eigenvalue weighted by molar-refractivity contribution is 5.89. The van der Waals surface area contributed by atoms with Crippen LogP contribution in [0.1, 0.15) is 48.4 Å². The first-order valence-corrected chi connectivity index (χ1v) is 10.00. The van der Waals surface area contributed by atoms with E-state index in [4.69, 9.17) is 14.5 Å². The van der Waals surface area contributed by atoms with E-state index in [1.54, 1.807) is 11.7 Å². The molecule has 1 atom stereocenters. The van der Waals surface area contributed by atoms with Gasteiger partial charge in [0.1, 0.15) is 12.4 Å². The second kappa shape index (κ2) is 6.44. The van der Waals surface area contributed by atoms with Crippen molar-refractivity contribution in [3.63, 3.8) is 0 Å². The van der Waals surface area contributed by atoms with Crippen LogP contribution in [0.5, 0.6) is 5.75 Å². The average Bonchev–Trinajstić information content (AvgIpc) is 3.10. The molecule has 4 heterocycles. The predicted molar refractivity (Wildman–Crippen MR) is 109 cm³/mol. The molecule has 2 aliphatic heterocycles. The zero-order chi connectivity index (χ0) is 20.3. The maximum Gasteiger partial charge on any atom is 0.313 e. The molecule has 1 aromatic carbocycles. The van der Waals surface area contributed by atoms with E-state index in [0.29, 0.717) is 18.5 Å². The fourth-order valence-electron chi connectivity index (χ4n) is 4.69. The van der Waals surface area contributed by atoms with E-state index in [1.807, 2.05) is 31.2 Å². The molecule has 3 aromatic rings. The molecule has 0 N–H and O–H groups in total. The first-order valence-electron chi connectivity index (χ1n) is 10.00. The monoisotopic (exact) mass is 390 g/mol. The van der Waals surface area contributed by atoms with E-state index in [0.717, 1.165) is 45.6 Å². The maximum absolute atomic E-state index is 13.3. The molecule has 0 fully saturated rings. The summed E-state index contributed by atoms with van der Waals surface area (Å²) in [7, 11) is 1.65. The Labute approximate surface area is 168 Å². The van der Waals surface area contributed by atoms with Crippen LogP contribution < -0.4 is 10.3 Å². The minimum Gasteiger partial charge on any atom is -0.497 e. The van der Waals surface area contributed by atoms with E-state index < -0.39 is 5.92 Å². The molecular formula is C23H22N2O4. The standard InChI is InChI=1S/C23H22N2O4/c1-4-13-16-8-12(28-3)6-7-19(16)24-21-17(13)10-25-20(21)9-15-14(5-2)23(27)29-11-18(15)22(25)26/h6-9,14H,4-5,10-11H2,1-3H3/t14-/m1/s1. The number of rotatable bonds is 3. The van der Waals surface area contributed by atoms with Gasteiger partial charge in [-0.1, -0.05) is 13.8 Å². The van der Waals surface area contributed by atoms with Gasteiger partial charge in [-0.25, -0.2) is 4.98 Å². The summed E-state index contributed by atoms with van der Waals surface area (Å²) in [5, 5.41) is 1.06. The van der Waals surface area contributed by atoms with Gasteiger partial charge in [0.15, 0.2) is 0 Å². The van der Waals surface area contributed by atoms with E-state index in [9.17, 15) is 9.59 Å². The second-order valence-electron chi connectivity index (χ2n) is 7.58. The van der Waals surface area contributed by atoms with Crippen LogP contribution in [0.2, 0.25) is 0 Å². The Morgan fingerprint density at radius 3 is 2.76 bits per heavy atom. The number of nitrogens with zero attached hydrogens (tertiary/aromatic N) is 2. The van der Waals surface area contributed by atoms with Gasteiger partial charge in [-0.15, -0.1) is 0 Å². The zero-order valence-electron chi connectivity index (χ0n) is 16.7. The lowest BCUT2D eigenvalue weighted by Gasteiger charge is -2.24. The van der Waals surface area contributed by atoms with Crippen molar-refractivity contribution in [2.45, 2.75) is 45.8 Å². The Bertz CT molecular complexity index is 1240. The zero-order valence-corrected chi connectivity index (χ0v) is 16.7. The molecule has 0 saturated carbocycles. The summed E-state index contributed by atoms with van der Waals surface area (Å²) in [5.74, 6) is 0.144. The Kier molecular flexibility index (Phi) is 3.98. The van der Waals surface area contributed by atoms with Crippen molar-refractivity contribution in [2.24, 2.45) is 0 Å². The first kappa shape index (κ1) is 17.9. The molecule has 2 aliphatic rings. The number of cyclic esters (lactones) is 1. The average molecular weight is 390 g/mol. The largest absolute Gasteiger partial charge is 0.497 e. The summed E-state index contributed by atoms with van der Waals surface area (Å²) < 4.78 is 12.4. The third kappa shape index (κ3) is 2.44. The number of aryl methyl sites for hydroxylation is 1. The molecule has 0 bridgehead atoms. The number of methoxy groups -OCH3 is 1. The number of pyridine rings is 2. The van der Waals surface area contributed by atoms with E-state index in [2.05, 4.69) is 6.92 Å². The molecule has 29 heavy (non-hydrogen) atoms. The Morgan fingerprint density at radius 2 is 2.03 bits per heavy atom. The molecule has 0 unspecified atom stereocenters. The summed E-state index contributed by atoms with van der Waals surface area (Å²) in [6, 6.07) is 7.86. The molecule has 2 aromatic heterocycles. The number of esters is 1. The predicted octanol–water partition coefficient (Wildman–Crippen LogP) is 3.55. The molecule has 0 radical (unpaired) electrons. The lowest BCUT2D eigenvalue weighted by Crippen LogP contribution is -2.32. The van der Waals surface area contributed by atoms with Gasteiger partial charge >= 0.3 is 5.97 Å². The van der Waals surface area contributed by atoms with Crippen molar-refractivity contribution in [2.75, 3.05) is 7.11 Å². The van der Waals surface area contributed by atoms with Crippen molar-refractivity contribution >= 4 is 16.9 Å². The number of hydrogen-bond acceptors (Lipinski definition) is 5. The van der Waals surface area contributed by atoms with Crippen LogP contribution in [0.3, 0.4) is 0 Å². The van der Waals surface area contributed by atoms with Crippen LogP contribution in [-0.2, 0) is 29.1 Å². The fourth-order valence-corrected chi connectivity index (χ4v) is 4.69. The van der Waals surface area contributed by atoms with E-state index >= 15 is 0 Å². The first-order chi connectivity index (χ1) is 14.1. The van der Waals surface area contributed by atoms with Crippen LogP contribution in [0, 0.1) is 0 Å². The smallest absolute Gasteiger partial charge is 0.313 e. The van der Waals surface area contributed by atoms with Gasteiger partial charge in [0.2, 0.25) is 0 Å².